The van der Waals surface area contributed by atoms with Gasteiger partial charge in [0.1, 0.15) is 7.85 Å². The summed E-state index contributed by atoms with van der Waals surface area (Å²) < 4.78 is 1.21. The van der Waals surface area contributed by atoms with E-state index in [0.29, 0.717) is 0 Å². The number of nitrogens with one attached hydrogen (secondary N) is 1. The molecule has 4 nitrogen and oxygen atoms in total. The maximum absolute atomic E-state index is 10.6. The summed E-state index contributed by atoms with van der Waals surface area (Å²) in [5, 5.41) is 0. The van der Waals surface area contributed by atoms with Crippen molar-refractivity contribution >= 4 is 13.3 Å². The predicted octanol–water partition coefficient (Wildman–Crippen LogP) is -1.11. The van der Waals surface area contributed by atoms with Gasteiger partial charge >= 0.3 is 5.69 Å². The van der Waals surface area contributed by atoms with Gasteiger partial charge in [0.25, 0.3) is 0 Å². The van der Waals surface area contributed by atoms with Gasteiger partial charge in [-0.15, -0.1) is 0 Å². The van der Waals surface area contributed by atoms with E-state index in [9.17, 15) is 9.59 Å². The van der Waals surface area contributed by atoms with E-state index in [0.717, 1.165) is 0 Å². The summed E-state index contributed by atoms with van der Waals surface area (Å²) in [7, 11) is 6.69. The van der Waals surface area contributed by atoms with E-state index in [-0.39, 0.29) is 5.46 Å². The van der Waals surface area contributed by atoms with Gasteiger partial charge in [-0.25, -0.2) is 4.79 Å². The fourth-order valence-corrected chi connectivity index (χ4v) is 0.583. The molecule has 0 saturated heterocycles. The molecule has 0 unspecified atom stereocenters. The first-order valence-electron chi connectivity index (χ1n) is 3.66. The van der Waals surface area contributed by atoms with Gasteiger partial charge in [0.2, 0.25) is 5.56 Å². The van der Waals surface area contributed by atoms with Crippen LogP contribution in [0.4, 0.5) is 0 Å². The lowest BCUT2D eigenvalue weighted by Gasteiger charge is -1.95. The Hall–Kier alpha value is -1.26. The Morgan fingerprint density at radius 2 is 1.92 bits per heavy atom. The van der Waals surface area contributed by atoms with Crippen LogP contribution in [0.15, 0.2) is 15.8 Å². The lowest BCUT2D eigenvalue weighted by atomic mass is 10.0. The van der Waals surface area contributed by atoms with Gasteiger partial charge in [-0.1, -0.05) is 13.8 Å². The van der Waals surface area contributed by atoms with Gasteiger partial charge in [-0.05, 0) is 5.46 Å². The number of aryl methyl sites for hydroxylation is 1. The van der Waals surface area contributed by atoms with Gasteiger partial charge in [0, 0.05) is 13.2 Å². The topological polar surface area (TPSA) is 54.9 Å². The Morgan fingerprint density at radius 3 is 2.33 bits per heavy atom. The van der Waals surface area contributed by atoms with Gasteiger partial charge in [0.15, 0.2) is 0 Å². The molecule has 1 N–H and O–H groups in total. The number of hydrogen-bond donors (Lipinski definition) is 1. The van der Waals surface area contributed by atoms with Crippen molar-refractivity contribution in [3.05, 3.63) is 27.0 Å². The zero-order valence-electron chi connectivity index (χ0n) is 7.42. The van der Waals surface area contributed by atoms with Crippen LogP contribution in [0.5, 0.6) is 0 Å². The molecule has 0 bridgehead atoms. The van der Waals surface area contributed by atoms with Crippen molar-refractivity contribution in [1.29, 1.82) is 0 Å². The minimum atomic E-state index is -0.539. The van der Waals surface area contributed by atoms with E-state index in [4.69, 9.17) is 7.85 Å². The molecule has 1 aromatic heterocycles. The maximum Gasteiger partial charge on any atom is 0.328 e. The molecule has 1 rings (SSSR count). The summed E-state index contributed by atoms with van der Waals surface area (Å²) in [4.78, 5) is 23.3. The summed E-state index contributed by atoms with van der Waals surface area (Å²) >= 11 is 0. The highest BCUT2D eigenvalue weighted by Gasteiger charge is 1.93. The SMILES string of the molecule is CC.[B]c1cn(C)c(=O)[nH]c1=O. The monoisotopic (exact) mass is 166 g/mol. The Balaban J connectivity index is 0.000000561. The van der Waals surface area contributed by atoms with E-state index < -0.39 is 11.2 Å². The molecule has 0 aliphatic heterocycles. The molecule has 0 saturated carbocycles. The summed E-state index contributed by atoms with van der Waals surface area (Å²) in [5.41, 5.74) is -0.954. The lowest BCUT2D eigenvalue weighted by Crippen LogP contribution is -2.38. The van der Waals surface area contributed by atoms with Crippen LogP contribution in [-0.2, 0) is 7.05 Å². The Labute approximate surface area is 71.7 Å². The van der Waals surface area contributed by atoms with Crippen LogP contribution in [0.25, 0.3) is 0 Å². The highest BCUT2D eigenvalue weighted by Crippen LogP contribution is 1.58. The Kier molecular flexibility index (Phi) is 4.11. The lowest BCUT2D eigenvalue weighted by molar-refractivity contribution is 0.807. The summed E-state index contributed by atoms with van der Waals surface area (Å²) in [6.07, 6.45) is 1.28. The zero-order chi connectivity index (χ0) is 9.72. The average Bonchev–Trinajstić information content (AvgIpc) is 2.05. The molecule has 0 spiro atoms. The second-order valence-electron chi connectivity index (χ2n) is 1.95. The summed E-state index contributed by atoms with van der Waals surface area (Å²) in [6, 6.07) is 0. The van der Waals surface area contributed by atoms with Crippen molar-refractivity contribution in [1.82, 2.24) is 9.55 Å². The number of nitrogens with zero attached hydrogens (tertiary/aromatic N) is 1. The fourth-order valence-electron chi connectivity index (χ4n) is 0.583. The molecular weight excluding hydrogens is 155 g/mol. The molecule has 0 amide bonds. The first-order chi connectivity index (χ1) is 5.61. The fraction of sp³-hybridized carbons (Fsp3) is 0.429. The van der Waals surface area contributed by atoms with Crippen molar-refractivity contribution in [3.63, 3.8) is 0 Å². The van der Waals surface area contributed by atoms with Crippen molar-refractivity contribution in [3.8, 4) is 0 Å². The zero-order valence-corrected chi connectivity index (χ0v) is 7.42. The molecule has 0 fully saturated rings. The first kappa shape index (κ1) is 10.7. The molecular formula is C7H11BN2O2. The Morgan fingerprint density at radius 1 is 1.42 bits per heavy atom. The highest BCUT2D eigenvalue weighted by atomic mass is 16.2. The summed E-state index contributed by atoms with van der Waals surface area (Å²) in [6.45, 7) is 4.00. The van der Waals surface area contributed by atoms with Gasteiger partial charge < -0.3 is 4.57 Å². The molecule has 5 heteroatoms. The number of aromatic amines is 1. The normalized spacial score (nSPS) is 8.58. The summed E-state index contributed by atoms with van der Waals surface area (Å²) in [5.74, 6) is 0. The third-order valence-electron chi connectivity index (χ3n) is 1.14. The largest absolute Gasteiger partial charge is 0.328 e. The van der Waals surface area contributed by atoms with Gasteiger partial charge in [-0.2, -0.15) is 0 Å². The number of H-pyrrole nitrogens is 1. The quantitative estimate of drug-likeness (QED) is 0.497. The van der Waals surface area contributed by atoms with Crippen LogP contribution in [0.1, 0.15) is 13.8 Å². The third-order valence-corrected chi connectivity index (χ3v) is 1.14. The van der Waals surface area contributed by atoms with Crippen LogP contribution in [-0.4, -0.2) is 17.4 Å². The van der Waals surface area contributed by atoms with Gasteiger partial charge in [0.05, 0.1) is 0 Å². The smallest absolute Gasteiger partial charge is 0.304 e. The van der Waals surface area contributed by atoms with Crippen molar-refractivity contribution in [2.24, 2.45) is 7.05 Å². The molecule has 12 heavy (non-hydrogen) atoms. The number of hydrogen-bond acceptors (Lipinski definition) is 2. The van der Waals surface area contributed by atoms with Gasteiger partial charge in [-0.3, -0.25) is 9.78 Å². The molecule has 2 radical (unpaired) electrons. The highest BCUT2D eigenvalue weighted by molar-refractivity contribution is 6.31. The molecule has 0 aliphatic carbocycles. The van der Waals surface area contributed by atoms with Crippen molar-refractivity contribution < 1.29 is 0 Å². The predicted molar refractivity (Wildman–Crippen MR) is 49.0 cm³/mol. The van der Waals surface area contributed by atoms with Crippen molar-refractivity contribution in [2.75, 3.05) is 0 Å². The van der Waals surface area contributed by atoms with E-state index in [1.807, 2.05) is 18.8 Å². The van der Waals surface area contributed by atoms with Crippen LogP contribution in [0.2, 0.25) is 0 Å². The Bertz CT molecular complexity index is 322. The molecule has 0 aliphatic rings. The standard InChI is InChI=1S/C5H5BN2O2.C2H6/c1-8-2-3(6)4(9)7-5(8)10;1-2/h2H,1H3,(H,7,9,10);1-2H3. The second-order valence-corrected chi connectivity index (χ2v) is 1.95. The van der Waals surface area contributed by atoms with E-state index >= 15 is 0 Å². The van der Waals surface area contributed by atoms with Crippen LogP contribution in [0, 0.1) is 0 Å². The van der Waals surface area contributed by atoms with Crippen molar-refractivity contribution in [2.45, 2.75) is 13.8 Å². The molecule has 1 aromatic rings. The molecule has 0 atom stereocenters. The van der Waals surface area contributed by atoms with Crippen LogP contribution >= 0.6 is 0 Å². The molecule has 0 aromatic carbocycles. The molecule has 64 valence electrons. The first-order valence-corrected chi connectivity index (χ1v) is 3.66. The number of rotatable bonds is 0. The minimum Gasteiger partial charge on any atom is -0.304 e. The van der Waals surface area contributed by atoms with E-state index in [2.05, 4.69) is 0 Å². The molecule has 1 heterocycles. The van der Waals surface area contributed by atoms with E-state index in [1.54, 1.807) is 0 Å². The maximum atomic E-state index is 10.6. The van der Waals surface area contributed by atoms with Crippen LogP contribution in [0.3, 0.4) is 0 Å². The van der Waals surface area contributed by atoms with Crippen LogP contribution < -0.4 is 16.7 Å². The average molecular weight is 166 g/mol. The third kappa shape index (κ3) is 2.41. The minimum absolute atomic E-state index is 0.0436. The van der Waals surface area contributed by atoms with E-state index in [1.165, 1.54) is 17.8 Å². The number of aromatic nitrogens is 2. The second kappa shape index (κ2) is 4.59.